The topological polar surface area (TPSA) is 87.5 Å². The van der Waals surface area contributed by atoms with Crippen molar-refractivity contribution in [2.75, 3.05) is 39.4 Å². The molecule has 2 aliphatic heterocycles. The third kappa shape index (κ3) is 3.52. The summed E-state index contributed by atoms with van der Waals surface area (Å²) in [5.74, 6) is 0.00666. The number of hydrogen-bond donors (Lipinski definition) is 1. The van der Waals surface area contributed by atoms with Crippen molar-refractivity contribution >= 4 is 5.91 Å². The highest BCUT2D eigenvalue weighted by Crippen LogP contribution is 2.34. The highest BCUT2D eigenvalue weighted by atomic mass is 16.5. The van der Waals surface area contributed by atoms with Crippen LogP contribution in [0.15, 0.2) is 23.0 Å². The van der Waals surface area contributed by atoms with Gasteiger partial charge in [0.25, 0.3) is 5.91 Å². The van der Waals surface area contributed by atoms with Crippen LogP contribution in [0.25, 0.3) is 0 Å². The molecule has 8 heteroatoms. The number of hydrogen-bond acceptors (Lipinski definition) is 6. The van der Waals surface area contributed by atoms with E-state index < -0.39 is 0 Å². The van der Waals surface area contributed by atoms with Gasteiger partial charge in [-0.3, -0.25) is 14.8 Å². The van der Waals surface area contributed by atoms with Gasteiger partial charge in [-0.2, -0.15) is 5.10 Å². The van der Waals surface area contributed by atoms with Gasteiger partial charge in [-0.05, 0) is 25.8 Å². The summed E-state index contributed by atoms with van der Waals surface area (Å²) in [5, 5.41) is 10.9. The number of H-pyrrole nitrogens is 1. The van der Waals surface area contributed by atoms with Crippen LogP contribution in [0.3, 0.4) is 0 Å². The number of likely N-dealkylation sites (tertiary alicyclic amines) is 1. The maximum absolute atomic E-state index is 12.9. The maximum atomic E-state index is 12.9. The number of carbonyl (C=O) groups is 1. The van der Waals surface area contributed by atoms with Crippen molar-refractivity contribution in [1.82, 2.24) is 25.2 Å². The largest absolute Gasteiger partial charge is 0.379 e. The van der Waals surface area contributed by atoms with Crippen molar-refractivity contribution in [2.24, 2.45) is 5.41 Å². The quantitative estimate of drug-likeness (QED) is 0.893. The average molecular weight is 359 g/mol. The number of aromatic nitrogens is 3. The smallest absolute Gasteiger partial charge is 0.259 e. The van der Waals surface area contributed by atoms with E-state index in [1.807, 2.05) is 11.0 Å². The van der Waals surface area contributed by atoms with Gasteiger partial charge in [0, 0.05) is 50.0 Å². The molecule has 0 saturated carbocycles. The average Bonchev–Trinajstić information content (AvgIpc) is 3.26. The van der Waals surface area contributed by atoms with E-state index in [4.69, 9.17) is 9.26 Å². The molecule has 2 saturated heterocycles. The Morgan fingerprint density at radius 2 is 2.31 bits per heavy atom. The fourth-order valence-corrected chi connectivity index (χ4v) is 4.13. The summed E-state index contributed by atoms with van der Waals surface area (Å²) in [4.78, 5) is 17.2. The fourth-order valence-electron chi connectivity index (χ4n) is 4.13. The van der Waals surface area contributed by atoms with Crippen LogP contribution in [0.4, 0.5) is 0 Å². The summed E-state index contributed by atoms with van der Waals surface area (Å²) in [6, 6.07) is 2.00. The van der Waals surface area contributed by atoms with E-state index in [9.17, 15) is 4.79 Å². The molecule has 0 aromatic carbocycles. The number of nitrogens with zero attached hydrogens (tertiary/aromatic N) is 4. The summed E-state index contributed by atoms with van der Waals surface area (Å²) < 4.78 is 10.9. The minimum Gasteiger partial charge on any atom is -0.379 e. The molecule has 0 radical (unpaired) electrons. The first kappa shape index (κ1) is 17.2. The molecular weight excluding hydrogens is 334 g/mol. The van der Waals surface area contributed by atoms with Gasteiger partial charge in [0.2, 0.25) is 0 Å². The van der Waals surface area contributed by atoms with Crippen LogP contribution < -0.4 is 0 Å². The van der Waals surface area contributed by atoms with E-state index in [-0.39, 0.29) is 11.3 Å². The molecule has 2 aromatic heterocycles. The molecule has 1 atom stereocenters. The molecule has 2 fully saturated rings. The van der Waals surface area contributed by atoms with Gasteiger partial charge in [-0.1, -0.05) is 5.16 Å². The third-order valence-corrected chi connectivity index (χ3v) is 5.40. The SMILES string of the molecule is Cc1nocc1C(=O)N1CCCC2(COCCN(Cc3ccn[nH]3)C2)C1. The van der Waals surface area contributed by atoms with E-state index in [0.29, 0.717) is 31.0 Å². The van der Waals surface area contributed by atoms with Gasteiger partial charge in [0.15, 0.2) is 0 Å². The third-order valence-electron chi connectivity index (χ3n) is 5.40. The predicted octanol–water partition coefficient (Wildman–Crippen LogP) is 1.46. The lowest BCUT2D eigenvalue weighted by Gasteiger charge is -2.43. The van der Waals surface area contributed by atoms with Crippen molar-refractivity contribution in [3.63, 3.8) is 0 Å². The lowest BCUT2D eigenvalue weighted by atomic mass is 9.80. The monoisotopic (exact) mass is 359 g/mol. The molecule has 8 nitrogen and oxygen atoms in total. The highest BCUT2D eigenvalue weighted by Gasteiger charge is 2.40. The van der Waals surface area contributed by atoms with E-state index in [2.05, 4.69) is 20.3 Å². The van der Waals surface area contributed by atoms with Crippen LogP contribution in [0.1, 0.15) is 34.6 Å². The Balaban J connectivity index is 1.48. The summed E-state index contributed by atoms with van der Waals surface area (Å²) in [5.41, 5.74) is 2.28. The number of aryl methyl sites for hydroxylation is 1. The lowest BCUT2D eigenvalue weighted by molar-refractivity contribution is 0.00685. The van der Waals surface area contributed by atoms with Crippen LogP contribution in [-0.2, 0) is 11.3 Å². The zero-order chi connectivity index (χ0) is 18.0. The Bertz CT molecular complexity index is 744. The van der Waals surface area contributed by atoms with Gasteiger partial charge in [-0.15, -0.1) is 0 Å². The number of amides is 1. The molecule has 4 heterocycles. The van der Waals surface area contributed by atoms with E-state index in [1.165, 1.54) is 6.26 Å². The van der Waals surface area contributed by atoms with Crippen molar-refractivity contribution in [3.05, 3.63) is 35.5 Å². The number of carbonyl (C=O) groups excluding carboxylic acids is 1. The van der Waals surface area contributed by atoms with Gasteiger partial charge in [-0.25, -0.2) is 0 Å². The van der Waals surface area contributed by atoms with Gasteiger partial charge >= 0.3 is 0 Å². The zero-order valence-electron chi connectivity index (χ0n) is 15.1. The molecule has 140 valence electrons. The second-order valence-electron chi connectivity index (χ2n) is 7.49. The van der Waals surface area contributed by atoms with Crippen molar-refractivity contribution in [1.29, 1.82) is 0 Å². The molecule has 2 aliphatic rings. The number of aromatic amines is 1. The first-order valence-corrected chi connectivity index (χ1v) is 9.14. The maximum Gasteiger partial charge on any atom is 0.259 e. The molecule has 0 aliphatic carbocycles. The van der Waals surface area contributed by atoms with Crippen LogP contribution in [0.2, 0.25) is 0 Å². The molecule has 26 heavy (non-hydrogen) atoms. The zero-order valence-corrected chi connectivity index (χ0v) is 15.1. The molecule has 1 amide bonds. The van der Waals surface area contributed by atoms with Gasteiger partial charge in [0.05, 0.1) is 18.9 Å². The minimum absolute atomic E-state index is 0.00666. The number of ether oxygens (including phenoxy) is 1. The summed E-state index contributed by atoms with van der Waals surface area (Å²) in [6.07, 6.45) is 5.28. The van der Waals surface area contributed by atoms with Crippen molar-refractivity contribution in [2.45, 2.75) is 26.3 Å². The Kier molecular flexibility index (Phi) is 4.78. The summed E-state index contributed by atoms with van der Waals surface area (Å²) >= 11 is 0. The summed E-state index contributed by atoms with van der Waals surface area (Å²) in [7, 11) is 0. The van der Waals surface area contributed by atoms with Crippen LogP contribution in [-0.4, -0.2) is 70.5 Å². The molecule has 0 bridgehead atoms. The molecule has 4 rings (SSSR count). The number of piperidine rings is 1. The lowest BCUT2D eigenvalue weighted by Crippen LogP contribution is -2.52. The normalized spacial score (nSPS) is 24.7. The number of nitrogens with one attached hydrogen (secondary N) is 1. The van der Waals surface area contributed by atoms with Crippen molar-refractivity contribution < 1.29 is 14.1 Å². The molecule has 2 aromatic rings. The Morgan fingerprint density at radius 1 is 1.38 bits per heavy atom. The highest BCUT2D eigenvalue weighted by molar-refractivity contribution is 5.94. The molecule has 1 spiro atoms. The second kappa shape index (κ2) is 7.20. The Morgan fingerprint density at radius 3 is 3.08 bits per heavy atom. The Labute approximate surface area is 152 Å². The van der Waals surface area contributed by atoms with E-state index >= 15 is 0 Å². The first-order valence-electron chi connectivity index (χ1n) is 9.14. The van der Waals surface area contributed by atoms with Crippen LogP contribution >= 0.6 is 0 Å². The van der Waals surface area contributed by atoms with Crippen LogP contribution in [0, 0.1) is 12.3 Å². The molecular formula is C18H25N5O3. The van der Waals surface area contributed by atoms with Crippen LogP contribution in [0.5, 0.6) is 0 Å². The molecule has 1 unspecified atom stereocenters. The fraction of sp³-hybridized carbons (Fsp3) is 0.611. The van der Waals surface area contributed by atoms with Gasteiger partial charge < -0.3 is 14.2 Å². The number of rotatable bonds is 3. The van der Waals surface area contributed by atoms with Gasteiger partial charge in [0.1, 0.15) is 11.8 Å². The standard InChI is InChI=1S/C18H25N5O3/c1-14-16(10-26-21-14)17(24)23-6-2-4-18(12-23)11-22(7-8-25-13-18)9-15-3-5-19-20-15/h3,5,10H,2,4,6-9,11-13H2,1H3,(H,19,20). The van der Waals surface area contributed by atoms with E-state index in [0.717, 1.165) is 44.7 Å². The minimum atomic E-state index is -0.0322. The molecule has 1 N–H and O–H groups in total. The summed E-state index contributed by atoms with van der Waals surface area (Å²) in [6.45, 7) is 7.31. The predicted molar refractivity (Wildman–Crippen MR) is 93.5 cm³/mol. The Hall–Kier alpha value is -2.19. The van der Waals surface area contributed by atoms with Crippen molar-refractivity contribution in [3.8, 4) is 0 Å². The first-order chi connectivity index (χ1) is 12.7. The van der Waals surface area contributed by atoms with E-state index in [1.54, 1.807) is 13.1 Å². The second-order valence-corrected chi connectivity index (χ2v) is 7.49.